The van der Waals surface area contributed by atoms with Crippen molar-refractivity contribution in [1.82, 2.24) is 16.3 Å². The Balaban J connectivity index is 1.76. The van der Waals surface area contributed by atoms with Gasteiger partial charge in [0.1, 0.15) is 5.71 Å². The third-order valence-electron chi connectivity index (χ3n) is 4.05. The molecular formula is C18H23N5O5. The molecule has 28 heavy (non-hydrogen) atoms. The molecule has 3 amide bonds. The van der Waals surface area contributed by atoms with Gasteiger partial charge >= 0.3 is 5.97 Å². The van der Waals surface area contributed by atoms with E-state index < -0.39 is 24.4 Å². The standard InChI is InChI=1S/C18H23N5O5/c1-3-23(4-2)13-7-5-12(6-8-13)17(26)22-21-16(25)11-28-18(27)14-9-10-15(24)20-19-14/h5-8H,3-4,9-11H2,1-2H3,(H,20,24)(H,21,25)(H,22,26). The van der Waals surface area contributed by atoms with Crippen LogP contribution < -0.4 is 21.2 Å². The van der Waals surface area contributed by atoms with E-state index in [1.807, 2.05) is 26.0 Å². The van der Waals surface area contributed by atoms with Crippen molar-refractivity contribution in [3.8, 4) is 0 Å². The molecule has 10 nitrogen and oxygen atoms in total. The molecule has 0 saturated carbocycles. The largest absolute Gasteiger partial charge is 0.451 e. The third-order valence-corrected chi connectivity index (χ3v) is 4.05. The highest BCUT2D eigenvalue weighted by Gasteiger charge is 2.20. The summed E-state index contributed by atoms with van der Waals surface area (Å²) in [6.07, 6.45) is 0.274. The highest BCUT2D eigenvalue weighted by Crippen LogP contribution is 2.14. The first-order valence-electron chi connectivity index (χ1n) is 8.91. The molecular weight excluding hydrogens is 366 g/mol. The zero-order valence-corrected chi connectivity index (χ0v) is 15.8. The molecule has 0 atom stereocenters. The number of amides is 3. The van der Waals surface area contributed by atoms with Crippen LogP contribution in [0.4, 0.5) is 5.69 Å². The van der Waals surface area contributed by atoms with Crippen LogP contribution in [0, 0.1) is 0 Å². The number of hydrazone groups is 1. The normalized spacial score (nSPS) is 13.1. The first-order chi connectivity index (χ1) is 13.4. The van der Waals surface area contributed by atoms with Gasteiger partial charge in [-0.25, -0.2) is 10.2 Å². The number of anilines is 1. The lowest BCUT2D eigenvalue weighted by atomic mass is 10.2. The zero-order valence-electron chi connectivity index (χ0n) is 15.8. The van der Waals surface area contributed by atoms with E-state index in [9.17, 15) is 19.2 Å². The smallest absolute Gasteiger partial charge is 0.355 e. The fourth-order valence-corrected chi connectivity index (χ4v) is 2.48. The van der Waals surface area contributed by atoms with Gasteiger partial charge in [-0.2, -0.15) is 5.10 Å². The molecule has 150 valence electrons. The van der Waals surface area contributed by atoms with Gasteiger partial charge in [-0.05, 0) is 38.1 Å². The van der Waals surface area contributed by atoms with E-state index in [1.165, 1.54) is 0 Å². The van der Waals surface area contributed by atoms with Crippen molar-refractivity contribution >= 4 is 35.1 Å². The van der Waals surface area contributed by atoms with Crippen LogP contribution in [-0.2, 0) is 19.1 Å². The SMILES string of the molecule is CCN(CC)c1ccc(C(=O)NNC(=O)COC(=O)C2=NNC(=O)CC2)cc1. The lowest BCUT2D eigenvalue weighted by Gasteiger charge is -2.21. The lowest BCUT2D eigenvalue weighted by Crippen LogP contribution is -2.44. The molecule has 1 aliphatic heterocycles. The number of nitrogens with zero attached hydrogens (tertiary/aromatic N) is 2. The number of hydrogen-bond donors (Lipinski definition) is 3. The Morgan fingerprint density at radius 1 is 1.11 bits per heavy atom. The number of carbonyl (C=O) groups excluding carboxylic acids is 4. The van der Waals surface area contributed by atoms with Crippen molar-refractivity contribution in [2.75, 3.05) is 24.6 Å². The summed E-state index contributed by atoms with van der Waals surface area (Å²) in [7, 11) is 0. The molecule has 1 aromatic rings. The van der Waals surface area contributed by atoms with Gasteiger partial charge < -0.3 is 9.64 Å². The van der Waals surface area contributed by atoms with Gasteiger partial charge in [0.15, 0.2) is 6.61 Å². The zero-order chi connectivity index (χ0) is 20.5. The van der Waals surface area contributed by atoms with Crippen LogP contribution in [0.1, 0.15) is 37.0 Å². The topological polar surface area (TPSA) is 129 Å². The maximum absolute atomic E-state index is 12.1. The van der Waals surface area contributed by atoms with Gasteiger partial charge in [0.2, 0.25) is 5.91 Å². The molecule has 0 unspecified atom stereocenters. The van der Waals surface area contributed by atoms with Crippen molar-refractivity contribution in [1.29, 1.82) is 0 Å². The summed E-state index contributed by atoms with van der Waals surface area (Å²) in [4.78, 5) is 48.6. The summed E-state index contributed by atoms with van der Waals surface area (Å²) in [6.45, 7) is 5.21. The van der Waals surface area contributed by atoms with Crippen LogP contribution in [0.15, 0.2) is 29.4 Å². The Morgan fingerprint density at radius 3 is 2.36 bits per heavy atom. The third kappa shape index (κ3) is 5.79. The number of hydrazine groups is 1. The number of hydrogen-bond acceptors (Lipinski definition) is 7. The molecule has 0 aliphatic carbocycles. The minimum absolute atomic E-state index is 0.0322. The number of esters is 1. The Labute approximate surface area is 162 Å². The van der Waals surface area contributed by atoms with Crippen molar-refractivity contribution in [2.24, 2.45) is 5.10 Å². The van der Waals surface area contributed by atoms with E-state index in [4.69, 9.17) is 4.74 Å². The van der Waals surface area contributed by atoms with Crippen LogP contribution in [0.2, 0.25) is 0 Å². The number of benzene rings is 1. The van der Waals surface area contributed by atoms with Crippen molar-refractivity contribution in [3.63, 3.8) is 0 Å². The second kappa shape index (κ2) is 10.0. The molecule has 0 aromatic heterocycles. The average molecular weight is 389 g/mol. The molecule has 0 spiro atoms. The van der Waals surface area contributed by atoms with Gasteiger partial charge in [-0.3, -0.25) is 25.2 Å². The first kappa shape index (κ1) is 20.9. The highest BCUT2D eigenvalue weighted by atomic mass is 16.5. The van der Waals surface area contributed by atoms with Gasteiger partial charge in [0.25, 0.3) is 11.8 Å². The maximum Gasteiger partial charge on any atom is 0.355 e. The molecule has 1 aliphatic rings. The monoisotopic (exact) mass is 389 g/mol. The molecule has 3 N–H and O–H groups in total. The lowest BCUT2D eigenvalue weighted by molar-refractivity contribution is -0.142. The minimum Gasteiger partial charge on any atom is -0.451 e. The van der Waals surface area contributed by atoms with Gasteiger partial charge in [0.05, 0.1) is 0 Å². The number of rotatable bonds is 7. The Bertz CT molecular complexity index is 771. The fraction of sp³-hybridized carbons (Fsp3) is 0.389. The molecule has 1 heterocycles. The van der Waals surface area contributed by atoms with Gasteiger partial charge in [0, 0.05) is 37.2 Å². The molecule has 0 bridgehead atoms. The summed E-state index contributed by atoms with van der Waals surface area (Å²) in [6, 6.07) is 6.97. The van der Waals surface area contributed by atoms with E-state index in [2.05, 4.69) is 26.3 Å². The summed E-state index contributed by atoms with van der Waals surface area (Å²) >= 11 is 0. The van der Waals surface area contributed by atoms with Crippen molar-refractivity contribution in [3.05, 3.63) is 29.8 Å². The summed E-state index contributed by atoms with van der Waals surface area (Å²) in [5, 5.41) is 3.57. The van der Waals surface area contributed by atoms with Crippen molar-refractivity contribution < 1.29 is 23.9 Å². The van der Waals surface area contributed by atoms with Crippen LogP contribution in [0.5, 0.6) is 0 Å². The van der Waals surface area contributed by atoms with E-state index in [-0.39, 0.29) is 24.5 Å². The van der Waals surface area contributed by atoms with Gasteiger partial charge in [-0.1, -0.05) is 0 Å². The molecule has 0 saturated heterocycles. The number of ether oxygens (including phenoxy) is 1. The summed E-state index contributed by atoms with van der Waals surface area (Å²) < 4.78 is 4.79. The summed E-state index contributed by atoms with van der Waals surface area (Å²) in [5.41, 5.74) is 8.00. The molecule has 0 fully saturated rings. The highest BCUT2D eigenvalue weighted by molar-refractivity contribution is 6.37. The predicted molar refractivity (Wildman–Crippen MR) is 101 cm³/mol. The van der Waals surface area contributed by atoms with Crippen LogP contribution >= 0.6 is 0 Å². The Hall–Kier alpha value is -3.43. The van der Waals surface area contributed by atoms with E-state index in [1.54, 1.807) is 12.1 Å². The molecule has 2 rings (SSSR count). The summed E-state index contributed by atoms with van der Waals surface area (Å²) in [5.74, 6) is -2.29. The Kier molecular flexibility index (Phi) is 7.49. The predicted octanol–water partition coefficient (Wildman–Crippen LogP) is 0.103. The van der Waals surface area contributed by atoms with Gasteiger partial charge in [-0.15, -0.1) is 0 Å². The second-order valence-electron chi connectivity index (χ2n) is 5.89. The quantitative estimate of drug-likeness (QED) is 0.448. The maximum atomic E-state index is 12.1. The van der Waals surface area contributed by atoms with Crippen LogP contribution in [-0.4, -0.2) is 49.1 Å². The van der Waals surface area contributed by atoms with Crippen LogP contribution in [0.3, 0.4) is 0 Å². The van der Waals surface area contributed by atoms with E-state index in [0.717, 1.165) is 18.8 Å². The van der Waals surface area contributed by atoms with Crippen LogP contribution in [0.25, 0.3) is 0 Å². The van der Waals surface area contributed by atoms with E-state index in [0.29, 0.717) is 5.56 Å². The number of carbonyl (C=O) groups is 4. The molecule has 0 radical (unpaired) electrons. The average Bonchev–Trinajstić information content (AvgIpc) is 2.72. The fourth-order valence-electron chi connectivity index (χ4n) is 2.48. The number of nitrogens with one attached hydrogen (secondary N) is 3. The first-order valence-corrected chi connectivity index (χ1v) is 8.91. The molecule has 1 aromatic carbocycles. The van der Waals surface area contributed by atoms with E-state index >= 15 is 0 Å². The Morgan fingerprint density at radius 2 is 1.79 bits per heavy atom. The second-order valence-corrected chi connectivity index (χ2v) is 5.89. The molecule has 10 heteroatoms. The minimum atomic E-state index is -0.798. The van der Waals surface area contributed by atoms with Crippen molar-refractivity contribution in [2.45, 2.75) is 26.7 Å².